The first-order chi connectivity index (χ1) is 9.65. The van der Waals surface area contributed by atoms with E-state index < -0.39 is 5.97 Å². The van der Waals surface area contributed by atoms with Gasteiger partial charge in [0.25, 0.3) is 0 Å². The van der Waals surface area contributed by atoms with Gasteiger partial charge in [0.2, 0.25) is 0 Å². The first-order valence-corrected chi connectivity index (χ1v) is 6.41. The Bertz CT molecular complexity index is 814. The smallest absolute Gasteiger partial charge is 0.337 e. The van der Waals surface area contributed by atoms with Crippen LogP contribution in [-0.2, 0) is 0 Å². The monoisotopic (exact) mass is 283 g/mol. The van der Waals surface area contributed by atoms with Gasteiger partial charge < -0.3 is 5.11 Å². The van der Waals surface area contributed by atoms with Crippen molar-refractivity contribution in [3.8, 4) is 11.1 Å². The zero-order valence-electron chi connectivity index (χ0n) is 10.4. The van der Waals surface area contributed by atoms with Gasteiger partial charge in [0.1, 0.15) is 0 Å². The Morgan fingerprint density at radius 3 is 2.65 bits per heavy atom. The molecular weight excluding hydrogens is 274 g/mol. The van der Waals surface area contributed by atoms with Crippen LogP contribution >= 0.6 is 11.6 Å². The van der Waals surface area contributed by atoms with Gasteiger partial charge in [-0.1, -0.05) is 35.9 Å². The molecule has 3 nitrogen and oxygen atoms in total. The molecule has 0 fully saturated rings. The molecular formula is C16H10ClNO2. The fourth-order valence-corrected chi connectivity index (χ4v) is 2.36. The minimum atomic E-state index is -0.984. The molecule has 0 bridgehead atoms. The maximum absolute atomic E-state index is 11.0. The molecule has 1 aromatic heterocycles. The molecule has 1 N–H and O–H groups in total. The van der Waals surface area contributed by atoms with Crippen molar-refractivity contribution in [1.29, 1.82) is 0 Å². The lowest BCUT2D eigenvalue weighted by atomic mass is 10.0. The van der Waals surface area contributed by atoms with Crippen LogP contribution in [0.5, 0.6) is 0 Å². The molecule has 0 radical (unpaired) electrons. The average Bonchev–Trinajstić information content (AvgIpc) is 2.46. The maximum atomic E-state index is 11.0. The van der Waals surface area contributed by atoms with Crippen molar-refractivity contribution in [2.45, 2.75) is 0 Å². The molecule has 4 heteroatoms. The number of rotatable bonds is 2. The molecule has 0 saturated carbocycles. The van der Waals surface area contributed by atoms with Crippen LogP contribution in [0, 0.1) is 0 Å². The summed E-state index contributed by atoms with van der Waals surface area (Å²) in [5, 5.41) is 10.5. The largest absolute Gasteiger partial charge is 0.478 e. The minimum absolute atomic E-state index is 0.175. The predicted octanol–water partition coefficient (Wildman–Crippen LogP) is 4.25. The average molecular weight is 284 g/mol. The molecule has 0 atom stereocenters. The molecule has 0 amide bonds. The van der Waals surface area contributed by atoms with Gasteiger partial charge >= 0.3 is 5.97 Å². The van der Waals surface area contributed by atoms with E-state index in [1.165, 1.54) is 6.20 Å². The summed E-state index contributed by atoms with van der Waals surface area (Å²) in [5.74, 6) is -0.984. The van der Waals surface area contributed by atoms with Crippen molar-refractivity contribution in [2.75, 3.05) is 0 Å². The number of hydrogen-bond donors (Lipinski definition) is 1. The molecule has 0 spiro atoms. The number of aromatic nitrogens is 1. The molecule has 20 heavy (non-hydrogen) atoms. The number of hydrogen-bond acceptors (Lipinski definition) is 2. The lowest BCUT2D eigenvalue weighted by molar-refractivity contribution is 0.0696. The lowest BCUT2D eigenvalue weighted by Crippen LogP contribution is -1.97. The van der Waals surface area contributed by atoms with E-state index in [0.29, 0.717) is 5.02 Å². The van der Waals surface area contributed by atoms with E-state index in [0.717, 1.165) is 22.0 Å². The van der Waals surface area contributed by atoms with Gasteiger partial charge in [0.05, 0.1) is 11.1 Å². The number of benzene rings is 2. The van der Waals surface area contributed by atoms with Crippen LogP contribution in [-0.4, -0.2) is 16.1 Å². The van der Waals surface area contributed by atoms with Crippen LogP contribution in [0.4, 0.5) is 0 Å². The summed E-state index contributed by atoms with van der Waals surface area (Å²) in [7, 11) is 0. The van der Waals surface area contributed by atoms with Crippen molar-refractivity contribution in [3.05, 3.63) is 65.3 Å². The molecule has 0 aliphatic heterocycles. The summed E-state index contributed by atoms with van der Waals surface area (Å²) in [4.78, 5) is 15.1. The van der Waals surface area contributed by atoms with Gasteiger partial charge in [-0.2, -0.15) is 0 Å². The third-order valence-corrected chi connectivity index (χ3v) is 3.44. The van der Waals surface area contributed by atoms with Gasteiger partial charge in [-0.05, 0) is 29.8 Å². The molecule has 0 unspecified atom stereocenters. The number of halogens is 1. The summed E-state index contributed by atoms with van der Waals surface area (Å²) in [6.45, 7) is 0. The van der Waals surface area contributed by atoms with Crippen LogP contribution in [0.1, 0.15) is 10.4 Å². The lowest BCUT2D eigenvalue weighted by Gasteiger charge is -2.06. The third kappa shape index (κ3) is 2.24. The van der Waals surface area contributed by atoms with Gasteiger partial charge in [0.15, 0.2) is 0 Å². The van der Waals surface area contributed by atoms with Crippen LogP contribution in [0.15, 0.2) is 54.7 Å². The Morgan fingerprint density at radius 1 is 1.10 bits per heavy atom. The van der Waals surface area contributed by atoms with E-state index >= 15 is 0 Å². The van der Waals surface area contributed by atoms with Crippen LogP contribution in [0.3, 0.4) is 0 Å². The molecule has 0 aliphatic rings. The summed E-state index contributed by atoms with van der Waals surface area (Å²) >= 11 is 6.18. The summed E-state index contributed by atoms with van der Waals surface area (Å²) < 4.78 is 0. The zero-order chi connectivity index (χ0) is 14.1. The summed E-state index contributed by atoms with van der Waals surface area (Å²) in [5.41, 5.74) is 2.78. The molecule has 3 aromatic rings. The molecule has 3 rings (SSSR count). The van der Waals surface area contributed by atoms with E-state index in [2.05, 4.69) is 4.98 Å². The Balaban J connectivity index is 2.19. The Kier molecular flexibility index (Phi) is 3.12. The SMILES string of the molecule is O=C(O)c1cnc2ccc(-c3ccccc3Cl)cc2c1. The second-order valence-electron chi connectivity index (χ2n) is 4.42. The highest BCUT2D eigenvalue weighted by Crippen LogP contribution is 2.29. The van der Waals surface area contributed by atoms with E-state index in [1.807, 2.05) is 42.5 Å². The normalized spacial score (nSPS) is 10.7. The van der Waals surface area contributed by atoms with Crippen LogP contribution in [0.25, 0.3) is 22.0 Å². The van der Waals surface area contributed by atoms with Crippen molar-refractivity contribution in [3.63, 3.8) is 0 Å². The maximum Gasteiger partial charge on any atom is 0.337 e. The van der Waals surface area contributed by atoms with Crippen molar-refractivity contribution in [2.24, 2.45) is 0 Å². The standard InChI is InChI=1S/C16H10ClNO2/c17-14-4-2-1-3-13(14)10-5-6-15-11(7-10)8-12(9-18-15)16(19)20/h1-9H,(H,19,20). The second-order valence-corrected chi connectivity index (χ2v) is 4.82. The zero-order valence-corrected chi connectivity index (χ0v) is 11.1. The van der Waals surface area contributed by atoms with E-state index in [9.17, 15) is 4.79 Å². The van der Waals surface area contributed by atoms with Crippen LogP contribution < -0.4 is 0 Å². The van der Waals surface area contributed by atoms with Gasteiger partial charge in [0, 0.05) is 22.2 Å². The number of fused-ring (bicyclic) bond motifs is 1. The Labute approximate surface area is 120 Å². The number of aromatic carboxylic acids is 1. The third-order valence-electron chi connectivity index (χ3n) is 3.11. The number of carbonyl (C=O) groups is 1. The molecule has 1 heterocycles. The van der Waals surface area contributed by atoms with Gasteiger partial charge in [-0.15, -0.1) is 0 Å². The minimum Gasteiger partial charge on any atom is -0.478 e. The number of carboxylic acids is 1. The molecule has 98 valence electrons. The molecule has 0 aliphatic carbocycles. The van der Waals surface area contributed by atoms with Gasteiger partial charge in [-0.25, -0.2) is 4.79 Å². The summed E-state index contributed by atoms with van der Waals surface area (Å²) in [6, 6.07) is 14.8. The van der Waals surface area contributed by atoms with Crippen molar-refractivity contribution < 1.29 is 9.90 Å². The highest BCUT2D eigenvalue weighted by Gasteiger charge is 2.07. The first-order valence-electron chi connectivity index (χ1n) is 6.03. The second kappa shape index (κ2) is 4.94. The van der Waals surface area contributed by atoms with E-state index in [1.54, 1.807) is 6.07 Å². The molecule has 0 saturated heterocycles. The Morgan fingerprint density at radius 2 is 1.90 bits per heavy atom. The highest BCUT2D eigenvalue weighted by molar-refractivity contribution is 6.33. The fourth-order valence-electron chi connectivity index (χ4n) is 2.11. The quantitative estimate of drug-likeness (QED) is 0.765. The van der Waals surface area contributed by atoms with E-state index in [-0.39, 0.29) is 5.56 Å². The Hall–Kier alpha value is -2.39. The van der Waals surface area contributed by atoms with Crippen LogP contribution in [0.2, 0.25) is 5.02 Å². The highest BCUT2D eigenvalue weighted by atomic mass is 35.5. The van der Waals surface area contributed by atoms with Gasteiger partial charge in [-0.3, -0.25) is 4.98 Å². The predicted molar refractivity (Wildman–Crippen MR) is 79.1 cm³/mol. The topological polar surface area (TPSA) is 50.2 Å². The number of carboxylic acid groups (broad SMARTS) is 1. The fraction of sp³-hybridized carbons (Fsp3) is 0. The molecule has 2 aromatic carbocycles. The van der Waals surface area contributed by atoms with E-state index in [4.69, 9.17) is 16.7 Å². The van der Waals surface area contributed by atoms with Crippen molar-refractivity contribution >= 4 is 28.5 Å². The number of pyridine rings is 1. The first kappa shape index (κ1) is 12.6. The summed E-state index contributed by atoms with van der Waals surface area (Å²) in [6.07, 6.45) is 1.36. The number of nitrogens with zero attached hydrogens (tertiary/aromatic N) is 1. The van der Waals surface area contributed by atoms with Crippen molar-refractivity contribution in [1.82, 2.24) is 4.98 Å².